The van der Waals surface area contributed by atoms with Crippen LogP contribution in [0.3, 0.4) is 0 Å². The van der Waals surface area contributed by atoms with E-state index in [0.29, 0.717) is 12.1 Å². The highest BCUT2D eigenvalue weighted by atomic mass is 16.2. The topological polar surface area (TPSA) is 72.0 Å². The van der Waals surface area contributed by atoms with Crippen molar-refractivity contribution in [2.45, 2.75) is 39.5 Å². The number of hydrogen-bond donors (Lipinski definition) is 1. The van der Waals surface area contributed by atoms with Gasteiger partial charge in [0.25, 0.3) is 0 Å². The summed E-state index contributed by atoms with van der Waals surface area (Å²) in [5.74, 6) is 0.288. The second kappa shape index (κ2) is 7.53. The standard InChI is InChI=1S/C13H19N3O2/c1-3-4-5-6-10(2)13(18)16-12-8-14-11(9-17)7-15-12/h7-10H,3-6H2,1-2H3,(H,15,16,18). The van der Waals surface area contributed by atoms with Gasteiger partial charge in [-0.25, -0.2) is 9.97 Å². The monoisotopic (exact) mass is 249 g/mol. The average molecular weight is 249 g/mol. The first-order chi connectivity index (χ1) is 8.67. The van der Waals surface area contributed by atoms with Crippen LogP contribution in [0.4, 0.5) is 5.82 Å². The fraction of sp³-hybridized carbons (Fsp3) is 0.538. The molecule has 0 aromatic carbocycles. The van der Waals surface area contributed by atoms with Crippen LogP contribution in [0.25, 0.3) is 0 Å². The maximum absolute atomic E-state index is 11.8. The van der Waals surface area contributed by atoms with Gasteiger partial charge in [0.2, 0.25) is 5.91 Å². The fourth-order valence-electron chi connectivity index (χ4n) is 1.54. The van der Waals surface area contributed by atoms with Gasteiger partial charge >= 0.3 is 0 Å². The largest absolute Gasteiger partial charge is 0.309 e. The summed E-state index contributed by atoms with van der Waals surface area (Å²) >= 11 is 0. The lowest BCUT2D eigenvalue weighted by Gasteiger charge is -2.10. The van der Waals surface area contributed by atoms with Gasteiger partial charge in [0.1, 0.15) is 5.69 Å². The Morgan fingerprint density at radius 2 is 2.17 bits per heavy atom. The number of carbonyl (C=O) groups excluding carboxylic acids is 2. The van der Waals surface area contributed by atoms with Gasteiger partial charge in [-0.1, -0.05) is 33.1 Å². The molecule has 0 fully saturated rings. The minimum Gasteiger partial charge on any atom is -0.309 e. The van der Waals surface area contributed by atoms with Crippen LogP contribution in [0.5, 0.6) is 0 Å². The third-order valence-electron chi connectivity index (χ3n) is 2.73. The number of rotatable bonds is 7. The summed E-state index contributed by atoms with van der Waals surface area (Å²) in [4.78, 5) is 30.0. The molecule has 0 aliphatic rings. The van der Waals surface area contributed by atoms with Crippen molar-refractivity contribution in [1.82, 2.24) is 9.97 Å². The van der Waals surface area contributed by atoms with Crippen molar-refractivity contribution in [3.8, 4) is 0 Å². The number of hydrogen-bond acceptors (Lipinski definition) is 4. The van der Waals surface area contributed by atoms with Crippen molar-refractivity contribution in [3.05, 3.63) is 18.1 Å². The lowest BCUT2D eigenvalue weighted by Crippen LogP contribution is -2.21. The molecule has 0 radical (unpaired) electrons. The maximum Gasteiger partial charge on any atom is 0.228 e. The zero-order valence-electron chi connectivity index (χ0n) is 10.8. The Hall–Kier alpha value is -1.78. The molecule has 18 heavy (non-hydrogen) atoms. The molecule has 98 valence electrons. The van der Waals surface area contributed by atoms with E-state index in [2.05, 4.69) is 22.2 Å². The molecular weight excluding hydrogens is 230 g/mol. The second-order valence-electron chi connectivity index (χ2n) is 4.33. The molecule has 1 N–H and O–H groups in total. The molecular formula is C13H19N3O2. The quantitative estimate of drug-likeness (QED) is 0.595. The van der Waals surface area contributed by atoms with E-state index in [1.54, 1.807) is 0 Å². The van der Waals surface area contributed by atoms with E-state index in [0.717, 1.165) is 25.7 Å². The summed E-state index contributed by atoms with van der Waals surface area (Å²) in [6.45, 7) is 4.03. The van der Waals surface area contributed by atoms with E-state index in [1.807, 2.05) is 6.92 Å². The average Bonchev–Trinajstić information content (AvgIpc) is 2.39. The first-order valence-electron chi connectivity index (χ1n) is 6.25. The Morgan fingerprint density at radius 3 is 2.72 bits per heavy atom. The number of carbonyl (C=O) groups is 2. The maximum atomic E-state index is 11.8. The van der Waals surface area contributed by atoms with Gasteiger partial charge in [-0.3, -0.25) is 9.59 Å². The molecule has 1 amide bonds. The van der Waals surface area contributed by atoms with Gasteiger partial charge in [0.15, 0.2) is 12.1 Å². The van der Waals surface area contributed by atoms with Crippen molar-refractivity contribution in [2.24, 2.45) is 5.92 Å². The van der Waals surface area contributed by atoms with Crippen molar-refractivity contribution in [2.75, 3.05) is 5.32 Å². The number of amides is 1. The Labute approximate surface area is 107 Å². The van der Waals surface area contributed by atoms with Crippen molar-refractivity contribution in [1.29, 1.82) is 0 Å². The second-order valence-corrected chi connectivity index (χ2v) is 4.33. The highest BCUT2D eigenvalue weighted by Crippen LogP contribution is 2.11. The van der Waals surface area contributed by atoms with Gasteiger partial charge in [0, 0.05) is 5.92 Å². The van der Waals surface area contributed by atoms with Gasteiger partial charge in [-0.05, 0) is 6.42 Å². The molecule has 1 heterocycles. The van der Waals surface area contributed by atoms with Crippen molar-refractivity contribution < 1.29 is 9.59 Å². The molecule has 0 saturated carbocycles. The minimum absolute atomic E-state index is 0.0379. The highest BCUT2D eigenvalue weighted by Gasteiger charge is 2.13. The number of unbranched alkanes of at least 4 members (excludes halogenated alkanes) is 2. The molecule has 0 aliphatic carbocycles. The van der Waals surface area contributed by atoms with Gasteiger partial charge in [-0.2, -0.15) is 0 Å². The van der Waals surface area contributed by atoms with Gasteiger partial charge < -0.3 is 5.32 Å². The van der Waals surface area contributed by atoms with Crippen LogP contribution < -0.4 is 5.32 Å². The molecule has 0 saturated heterocycles. The van der Waals surface area contributed by atoms with Crippen LogP contribution in [0.1, 0.15) is 50.0 Å². The Morgan fingerprint density at radius 1 is 1.39 bits per heavy atom. The van der Waals surface area contributed by atoms with Crippen LogP contribution in [-0.2, 0) is 4.79 Å². The molecule has 1 aromatic rings. The number of aromatic nitrogens is 2. The van der Waals surface area contributed by atoms with Crippen molar-refractivity contribution in [3.63, 3.8) is 0 Å². The third kappa shape index (κ3) is 4.61. The number of nitrogens with one attached hydrogen (secondary N) is 1. The summed E-state index contributed by atoms with van der Waals surface area (Å²) in [5.41, 5.74) is 0.254. The molecule has 0 aliphatic heterocycles. The van der Waals surface area contributed by atoms with Gasteiger partial charge in [-0.15, -0.1) is 0 Å². The molecule has 1 rings (SSSR count). The van der Waals surface area contributed by atoms with Crippen LogP contribution >= 0.6 is 0 Å². The van der Waals surface area contributed by atoms with E-state index < -0.39 is 0 Å². The Kier molecular flexibility index (Phi) is 5.97. The summed E-state index contributed by atoms with van der Waals surface area (Å²) in [6, 6.07) is 0. The fourth-order valence-corrected chi connectivity index (χ4v) is 1.54. The zero-order valence-corrected chi connectivity index (χ0v) is 10.8. The highest BCUT2D eigenvalue weighted by molar-refractivity contribution is 5.91. The molecule has 1 atom stereocenters. The normalized spacial score (nSPS) is 11.9. The first kappa shape index (κ1) is 14.3. The third-order valence-corrected chi connectivity index (χ3v) is 2.73. The molecule has 1 aromatic heterocycles. The summed E-state index contributed by atoms with van der Waals surface area (Å²) in [5, 5.41) is 2.69. The lowest BCUT2D eigenvalue weighted by atomic mass is 10.0. The smallest absolute Gasteiger partial charge is 0.228 e. The zero-order chi connectivity index (χ0) is 13.4. The molecule has 5 heteroatoms. The van der Waals surface area contributed by atoms with E-state index in [9.17, 15) is 9.59 Å². The van der Waals surface area contributed by atoms with Crippen LogP contribution in [0.15, 0.2) is 12.4 Å². The van der Waals surface area contributed by atoms with Crippen LogP contribution in [-0.4, -0.2) is 22.2 Å². The van der Waals surface area contributed by atoms with Crippen LogP contribution in [0.2, 0.25) is 0 Å². The van der Waals surface area contributed by atoms with Gasteiger partial charge in [0.05, 0.1) is 12.4 Å². The van der Waals surface area contributed by atoms with E-state index in [-0.39, 0.29) is 17.5 Å². The van der Waals surface area contributed by atoms with Crippen LogP contribution in [0, 0.1) is 5.92 Å². The summed E-state index contributed by atoms with van der Waals surface area (Å²) in [7, 11) is 0. The Bertz CT molecular complexity index is 390. The van der Waals surface area contributed by atoms with E-state index >= 15 is 0 Å². The lowest BCUT2D eigenvalue weighted by molar-refractivity contribution is -0.119. The van der Waals surface area contributed by atoms with E-state index in [1.165, 1.54) is 12.4 Å². The molecule has 1 unspecified atom stereocenters. The molecule has 5 nitrogen and oxygen atoms in total. The predicted molar refractivity (Wildman–Crippen MR) is 69.4 cm³/mol. The molecule has 0 bridgehead atoms. The minimum atomic E-state index is -0.0562. The predicted octanol–water partition coefficient (Wildman–Crippen LogP) is 2.44. The number of nitrogens with zero attached hydrogens (tertiary/aromatic N) is 2. The van der Waals surface area contributed by atoms with Crippen molar-refractivity contribution >= 4 is 18.0 Å². The summed E-state index contributed by atoms with van der Waals surface area (Å²) in [6.07, 6.45) is 7.57. The van der Waals surface area contributed by atoms with E-state index in [4.69, 9.17) is 0 Å². The Balaban J connectivity index is 2.44. The number of aldehydes is 1. The SMILES string of the molecule is CCCCCC(C)C(=O)Nc1cnc(C=O)cn1. The number of anilines is 1. The molecule has 0 spiro atoms. The first-order valence-corrected chi connectivity index (χ1v) is 6.25. The summed E-state index contributed by atoms with van der Waals surface area (Å²) < 4.78 is 0.